The molecule has 100 valence electrons. The van der Waals surface area contributed by atoms with E-state index in [1.807, 2.05) is 0 Å². The van der Waals surface area contributed by atoms with Crippen molar-refractivity contribution in [1.82, 2.24) is 0 Å². The van der Waals surface area contributed by atoms with Crippen molar-refractivity contribution in [2.24, 2.45) is 0 Å². The first-order valence-electron chi connectivity index (χ1n) is 6.14. The average molecular weight is 246 g/mol. The minimum Gasteiger partial charge on any atom is -0.481 e. The lowest BCUT2D eigenvalue weighted by atomic mass is 10.1. The molecule has 0 spiro atoms. The third-order valence-electron chi connectivity index (χ3n) is 2.39. The molecule has 0 aromatic carbocycles. The van der Waals surface area contributed by atoms with Crippen LogP contribution in [0.2, 0.25) is 0 Å². The summed E-state index contributed by atoms with van der Waals surface area (Å²) in [6.45, 7) is 0.899. The van der Waals surface area contributed by atoms with E-state index < -0.39 is 11.9 Å². The van der Waals surface area contributed by atoms with Crippen molar-refractivity contribution >= 4 is 11.9 Å². The molecule has 0 aromatic heterocycles. The monoisotopic (exact) mass is 246 g/mol. The predicted molar refractivity (Wildman–Crippen MR) is 63.0 cm³/mol. The Labute approximate surface area is 102 Å². The summed E-state index contributed by atoms with van der Waals surface area (Å²) in [5, 5.41) is 16.8. The molecule has 0 rings (SSSR count). The molecule has 0 amide bonds. The van der Waals surface area contributed by atoms with Gasteiger partial charge >= 0.3 is 11.9 Å². The molecular weight excluding hydrogens is 224 g/mol. The van der Waals surface area contributed by atoms with Gasteiger partial charge in [-0.3, -0.25) is 9.59 Å². The van der Waals surface area contributed by atoms with Gasteiger partial charge in [-0.15, -0.1) is 0 Å². The van der Waals surface area contributed by atoms with E-state index in [0.717, 1.165) is 38.5 Å². The highest BCUT2D eigenvalue weighted by molar-refractivity contribution is 5.66. The third kappa shape index (κ3) is 14.9. The quantitative estimate of drug-likeness (QED) is 0.516. The van der Waals surface area contributed by atoms with Crippen LogP contribution in [-0.4, -0.2) is 35.4 Å². The van der Waals surface area contributed by atoms with Crippen molar-refractivity contribution in [1.29, 1.82) is 0 Å². The molecule has 5 heteroatoms. The van der Waals surface area contributed by atoms with Crippen LogP contribution in [0.3, 0.4) is 0 Å². The van der Waals surface area contributed by atoms with E-state index in [2.05, 4.69) is 0 Å². The fraction of sp³-hybridized carbons (Fsp3) is 0.833. The summed E-state index contributed by atoms with van der Waals surface area (Å²) in [5.41, 5.74) is 0. The lowest BCUT2D eigenvalue weighted by Crippen LogP contribution is -2.03. The van der Waals surface area contributed by atoms with Crippen LogP contribution in [0.1, 0.15) is 51.4 Å². The number of hydrogen-bond acceptors (Lipinski definition) is 3. The number of carboxylic acids is 2. The van der Waals surface area contributed by atoms with Gasteiger partial charge in [-0.05, 0) is 12.8 Å². The summed E-state index contributed by atoms with van der Waals surface area (Å²) < 4.78 is 5.15. The van der Waals surface area contributed by atoms with Gasteiger partial charge in [0.15, 0.2) is 0 Å². The second-order valence-corrected chi connectivity index (χ2v) is 4.02. The molecule has 5 nitrogen and oxygen atoms in total. The predicted octanol–water partition coefficient (Wildman–Crippen LogP) is 2.29. The molecule has 0 aromatic rings. The standard InChI is InChI=1S/C12H22O5/c13-11(14)7-5-3-1-2-4-6-9-17-10-8-12(15)16/h1-10H2,(H,13,14)(H,15,16). The molecule has 0 unspecified atom stereocenters. The first kappa shape index (κ1) is 15.9. The third-order valence-corrected chi connectivity index (χ3v) is 2.39. The molecule has 17 heavy (non-hydrogen) atoms. The molecule has 0 saturated carbocycles. The Balaban J connectivity index is 2.98. The molecule has 0 bridgehead atoms. The van der Waals surface area contributed by atoms with Crippen LogP contribution in [-0.2, 0) is 14.3 Å². The number of unbranched alkanes of at least 4 members (excludes halogenated alkanes) is 5. The van der Waals surface area contributed by atoms with Crippen molar-refractivity contribution in [2.75, 3.05) is 13.2 Å². The van der Waals surface area contributed by atoms with Crippen molar-refractivity contribution < 1.29 is 24.5 Å². The first-order chi connectivity index (χ1) is 8.13. The number of aliphatic carboxylic acids is 2. The van der Waals surface area contributed by atoms with Crippen molar-refractivity contribution in [3.8, 4) is 0 Å². The Kier molecular flexibility index (Phi) is 10.7. The molecule has 0 saturated heterocycles. The minimum absolute atomic E-state index is 0.0647. The Bertz CT molecular complexity index is 193. The molecule has 0 heterocycles. The van der Waals surface area contributed by atoms with Gasteiger partial charge in [0.25, 0.3) is 0 Å². The van der Waals surface area contributed by atoms with E-state index in [9.17, 15) is 9.59 Å². The summed E-state index contributed by atoms with van der Waals surface area (Å²) in [5.74, 6) is -1.56. The Morgan fingerprint density at radius 1 is 0.706 bits per heavy atom. The molecular formula is C12H22O5. The van der Waals surface area contributed by atoms with Crippen molar-refractivity contribution in [3.05, 3.63) is 0 Å². The van der Waals surface area contributed by atoms with Crippen LogP contribution in [0.4, 0.5) is 0 Å². The largest absolute Gasteiger partial charge is 0.481 e. The number of hydrogen-bond donors (Lipinski definition) is 2. The topological polar surface area (TPSA) is 83.8 Å². The molecule has 2 N–H and O–H groups in total. The van der Waals surface area contributed by atoms with Gasteiger partial charge in [0.2, 0.25) is 0 Å². The zero-order valence-corrected chi connectivity index (χ0v) is 10.2. The van der Waals surface area contributed by atoms with E-state index in [0.29, 0.717) is 6.61 Å². The molecule has 0 aliphatic rings. The molecule has 0 aliphatic heterocycles. The van der Waals surface area contributed by atoms with Crippen LogP contribution in [0.15, 0.2) is 0 Å². The number of carboxylic acid groups (broad SMARTS) is 2. The van der Waals surface area contributed by atoms with Gasteiger partial charge in [-0.25, -0.2) is 0 Å². The molecule has 0 fully saturated rings. The van der Waals surface area contributed by atoms with Crippen LogP contribution >= 0.6 is 0 Å². The smallest absolute Gasteiger partial charge is 0.305 e. The normalized spacial score (nSPS) is 10.4. The summed E-state index contributed by atoms with van der Waals surface area (Å²) in [4.78, 5) is 20.4. The summed E-state index contributed by atoms with van der Waals surface area (Å²) >= 11 is 0. The summed E-state index contributed by atoms with van der Waals surface area (Å²) in [6.07, 6.45) is 6.19. The van der Waals surface area contributed by atoms with Gasteiger partial charge in [0, 0.05) is 13.0 Å². The average Bonchev–Trinajstić information content (AvgIpc) is 2.25. The fourth-order valence-electron chi connectivity index (χ4n) is 1.45. The van der Waals surface area contributed by atoms with Gasteiger partial charge in [0.1, 0.15) is 0 Å². The summed E-state index contributed by atoms with van der Waals surface area (Å²) in [6, 6.07) is 0. The Hall–Kier alpha value is -1.10. The molecule has 0 aliphatic carbocycles. The summed E-state index contributed by atoms with van der Waals surface area (Å²) in [7, 11) is 0. The van der Waals surface area contributed by atoms with Gasteiger partial charge in [-0.1, -0.05) is 25.7 Å². The Morgan fingerprint density at radius 2 is 1.24 bits per heavy atom. The lowest BCUT2D eigenvalue weighted by molar-refractivity contribution is -0.138. The van der Waals surface area contributed by atoms with E-state index in [1.165, 1.54) is 0 Å². The Morgan fingerprint density at radius 3 is 1.82 bits per heavy atom. The molecule has 0 atom stereocenters. The van der Waals surface area contributed by atoms with Gasteiger partial charge < -0.3 is 14.9 Å². The maximum absolute atomic E-state index is 10.2. The zero-order chi connectivity index (χ0) is 12.9. The second kappa shape index (κ2) is 11.4. The van der Waals surface area contributed by atoms with Crippen LogP contribution in [0, 0.1) is 0 Å². The fourth-order valence-corrected chi connectivity index (χ4v) is 1.45. The van der Waals surface area contributed by atoms with Crippen molar-refractivity contribution in [3.63, 3.8) is 0 Å². The van der Waals surface area contributed by atoms with Gasteiger partial charge in [-0.2, -0.15) is 0 Å². The minimum atomic E-state index is -0.830. The highest BCUT2D eigenvalue weighted by atomic mass is 16.5. The zero-order valence-electron chi connectivity index (χ0n) is 10.2. The highest BCUT2D eigenvalue weighted by Gasteiger charge is 1.97. The van der Waals surface area contributed by atoms with E-state index in [1.54, 1.807) is 0 Å². The maximum Gasteiger partial charge on any atom is 0.305 e. The second-order valence-electron chi connectivity index (χ2n) is 4.02. The van der Waals surface area contributed by atoms with E-state index >= 15 is 0 Å². The van der Waals surface area contributed by atoms with Crippen molar-refractivity contribution in [2.45, 2.75) is 51.4 Å². The SMILES string of the molecule is O=C(O)CCCCCCCCOCCC(=O)O. The lowest BCUT2D eigenvalue weighted by Gasteiger charge is -2.02. The number of carbonyl (C=O) groups is 2. The van der Waals surface area contributed by atoms with E-state index in [4.69, 9.17) is 14.9 Å². The van der Waals surface area contributed by atoms with Gasteiger partial charge in [0.05, 0.1) is 13.0 Å². The van der Waals surface area contributed by atoms with Crippen LogP contribution < -0.4 is 0 Å². The highest BCUT2D eigenvalue weighted by Crippen LogP contribution is 2.07. The van der Waals surface area contributed by atoms with E-state index in [-0.39, 0.29) is 19.4 Å². The maximum atomic E-state index is 10.2. The number of rotatable bonds is 12. The van der Waals surface area contributed by atoms with Crippen LogP contribution in [0.5, 0.6) is 0 Å². The number of ether oxygens (including phenoxy) is 1. The first-order valence-corrected chi connectivity index (χ1v) is 6.14. The van der Waals surface area contributed by atoms with Crippen LogP contribution in [0.25, 0.3) is 0 Å². The molecule has 0 radical (unpaired) electrons.